The number of carbonyl (C=O) groups excluding carboxylic acids is 1. The number of halogens is 3. The van der Waals surface area contributed by atoms with Crippen LogP contribution in [-0.4, -0.2) is 12.4 Å². The highest BCUT2D eigenvalue weighted by molar-refractivity contribution is 9.10. The molecule has 5 heteroatoms. The molecule has 0 fully saturated rings. The number of Topliss-reactive ketones (excluding diaryl/α,β-unsaturated/α-hetero) is 1. The first-order chi connectivity index (χ1) is 8.40. The van der Waals surface area contributed by atoms with Crippen LogP contribution >= 0.6 is 15.9 Å². The molecule has 1 rings (SSSR count). The number of rotatable bonds is 6. The number of carbonyl (C=O) groups is 1. The van der Waals surface area contributed by atoms with Gasteiger partial charge in [-0.05, 0) is 40.4 Å². The molecule has 0 bridgehead atoms. The van der Waals surface area contributed by atoms with E-state index in [4.69, 9.17) is 0 Å². The Balaban J connectivity index is 2.80. The van der Waals surface area contributed by atoms with Crippen LogP contribution in [-0.2, 0) is 0 Å². The van der Waals surface area contributed by atoms with Gasteiger partial charge in [-0.3, -0.25) is 4.79 Å². The fourth-order valence-corrected chi connectivity index (χ4v) is 1.71. The Morgan fingerprint density at radius 1 is 1.33 bits per heavy atom. The number of ketones is 1. The molecule has 0 spiro atoms. The van der Waals surface area contributed by atoms with Crippen LogP contribution < -0.4 is 4.74 Å². The summed E-state index contributed by atoms with van der Waals surface area (Å²) in [6.07, 6.45) is 1.07. The van der Waals surface area contributed by atoms with Crippen LogP contribution in [0, 0.1) is 5.92 Å². The molecule has 0 aliphatic rings. The average molecular weight is 320 g/mol. The van der Waals surface area contributed by atoms with Crippen molar-refractivity contribution in [2.24, 2.45) is 0 Å². The van der Waals surface area contributed by atoms with Gasteiger partial charge in [-0.2, -0.15) is 8.78 Å². The summed E-state index contributed by atoms with van der Waals surface area (Å²) in [6.45, 7) is 0.985. The van der Waals surface area contributed by atoms with Crippen LogP contribution in [0.4, 0.5) is 8.78 Å². The van der Waals surface area contributed by atoms with E-state index in [9.17, 15) is 13.6 Å². The Hall–Kier alpha value is -0.970. The maximum atomic E-state index is 12.2. The third-order valence-corrected chi connectivity index (χ3v) is 2.98. The summed E-state index contributed by atoms with van der Waals surface area (Å²) in [7, 11) is 0. The van der Waals surface area contributed by atoms with Gasteiger partial charge in [0.05, 0.1) is 4.47 Å². The van der Waals surface area contributed by atoms with Crippen molar-refractivity contribution in [3.8, 4) is 5.75 Å². The second-order valence-corrected chi connectivity index (χ2v) is 5.01. The zero-order valence-electron chi connectivity index (χ0n) is 10.2. The van der Waals surface area contributed by atoms with Crippen molar-refractivity contribution in [2.45, 2.75) is 33.3 Å². The molecular formula is C13H14BrF2O2. The van der Waals surface area contributed by atoms with Crippen molar-refractivity contribution in [3.63, 3.8) is 0 Å². The molecule has 99 valence electrons. The zero-order valence-corrected chi connectivity index (χ0v) is 11.8. The van der Waals surface area contributed by atoms with E-state index in [0.29, 0.717) is 22.9 Å². The molecule has 0 aromatic heterocycles. The first-order valence-corrected chi connectivity index (χ1v) is 6.26. The minimum absolute atomic E-state index is 0.0203. The van der Waals surface area contributed by atoms with Crippen molar-refractivity contribution < 1.29 is 18.3 Å². The lowest BCUT2D eigenvalue weighted by Gasteiger charge is -2.09. The summed E-state index contributed by atoms with van der Waals surface area (Å²) >= 11 is 3.10. The fraction of sp³-hybridized carbons (Fsp3) is 0.385. The van der Waals surface area contributed by atoms with Crippen LogP contribution in [0.5, 0.6) is 5.75 Å². The number of ether oxygens (including phenoxy) is 1. The number of hydrogen-bond acceptors (Lipinski definition) is 2. The van der Waals surface area contributed by atoms with Gasteiger partial charge in [-0.1, -0.05) is 19.9 Å². The van der Waals surface area contributed by atoms with Gasteiger partial charge in [0.1, 0.15) is 5.75 Å². The lowest BCUT2D eigenvalue weighted by Crippen LogP contribution is -2.05. The highest BCUT2D eigenvalue weighted by Gasteiger charge is 2.13. The molecule has 0 amide bonds. The van der Waals surface area contributed by atoms with E-state index >= 15 is 0 Å². The van der Waals surface area contributed by atoms with Crippen molar-refractivity contribution >= 4 is 21.7 Å². The minimum atomic E-state index is -2.90. The highest BCUT2D eigenvalue weighted by Crippen LogP contribution is 2.28. The molecule has 18 heavy (non-hydrogen) atoms. The molecule has 0 heterocycles. The Labute approximate surface area is 113 Å². The first kappa shape index (κ1) is 15.1. The van der Waals surface area contributed by atoms with Gasteiger partial charge in [0.25, 0.3) is 0 Å². The smallest absolute Gasteiger partial charge is 0.387 e. The van der Waals surface area contributed by atoms with Gasteiger partial charge >= 0.3 is 6.61 Å². The molecule has 1 aromatic rings. The van der Waals surface area contributed by atoms with Crippen LogP contribution in [0.25, 0.3) is 0 Å². The van der Waals surface area contributed by atoms with Gasteiger partial charge in [-0.25, -0.2) is 0 Å². The number of benzene rings is 1. The fourth-order valence-electron chi connectivity index (χ4n) is 1.37. The van der Waals surface area contributed by atoms with Crippen molar-refractivity contribution in [1.82, 2.24) is 0 Å². The lowest BCUT2D eigenvalue weighted by atomic mass is 10.0. The maximum absolute atomic E-state index is 12.2. The molecular weight excluding hydrogens is 306 g/mol. The van der Waals surface area contributed by atoms with E-state index in [1.54, 1.807) is 6.07 Å². The van der Waals surface area contributed by atoms with Crippen molar-refractivity contribution in [2.75, 3.05) is 0 Å². The monoisotopic (exact) mass is 319 g/mol. The van der Waals surface area contributed by atoms with Gasteiger partial charge < -0.3 is 4.74 Å². The third kappa shape index (κ3) is 4.72. The molecule has 1 radical (unpaired) electrons. The molecule has 0 aliphatic carbocycles. The van der Waals surface area contributed by atoms with E-state index in [-0.39, 0.29) is 11.5 Å². The van der Waals surface area contributed by atoms with Crippen LogP contribution in [0.15, 0.2) is 22.7 Å². The summed E-state index contributed by atoms with van der Waals surface area (Å²) in [6, 6.07) is 4.47. The normalized spacial score (nSPS) is 11.1. The van der Waals surface area contributed by atoms with E-state index in [1.165, 1.54) is 12.1 Å². The van der Waals surface area contributed by atoms with Crippen LogP contribution in [0.1, 0.15) is 37.0 Å². The standard InChI is InChI=1S/C13H14BrF2O2/c1-8(2)3-6-11(17)9-4-5-10(14)12(7-9)18-13(15)16/h4-5,7,13H,3,6H2,1-2H3. The largest absolute Gasteiger partial charge is 0.434 e. The van der Waals surface area contributed by atoms with Gasteiger partial charge in [0.15, 0.2) is 5.78 Å². The predicted octanol–water partition coefficient (Wildman–Crippen LogP) is 4.63. The molecule has 0 aliphatic heterocycles. The molecule has 0 saturated carbocycles. The zero-order chi connectivity index (χ0) is 13.7. The van der Waals surface area contributed by atoms with Gasteiger partial charge in [0.2, 0.25) is 0 Å². The second-order valence-electron chi connectivity index (χ2n) is 4.15. The quantitative estimate of drug-likeness (QED) is 0.715. The number of hydrogen-bond donors (Lipinski definition) is 0. The first-order valence-electron chi connectivity index (χ1n) is 5.46. The molecule has 0 N–H and O–H groups in total. The number of alkyl halides is 2. The lowest BCUT2D eigenvalue weighted by molar-refractivity contribution is -0.0503. The summed E-state index contributed by atoms with van der Waals surface area (Å²) in [5.41, 5.74) is 0.384. The SMILES string of the molecule is C[C](C)CCC(=O)c1ccc(Br)c(OC(F)F)c1. The molecule has 0 unspecified atom stereocenters. The van der Waals surface area contributed by atoms with Gasteiger partial charge in [0, 0.05) is 12.0 Å². The Morgan fingerprint density at radius 2 is 2.00 bits per heavy atom. The maximum Gasteiger partial charge on any atom is 0.387 e. The minimum Gasteiger partial charge on any atom is -0.434 e. The summed E-state index contributed by atoms with van der Waals surface area (Å²) in [5, 5.41) is 0. The summed E-state index contributed by atoms with van der Waals surface area (Å²) in [4.78, 5) is 11.8. The van der Waals surface area contributed by atoms with E-state index in [0.717, 1.165) is 5.92 Å². The van der Waals surface area contributed by atoms with E-state index in [1.807, 2.05) is 13.8 Å². The van der Waals surface area contributed by atoms with E-state index < -0.39 is 6.61 Å². The Bertz CT molecular complexity index is 419. The topological polar surface area (TPSA) is 26.3 Å². The molecule has 0 atom stereocenters. The summed E-state index contributed by atoms with van der Waals surface area (Å²) in [5.74, 6) is 1.06. The Morgan fingerprint density at radius 3 is 2.56 bits per heavy atom. The molecule has 2 nitrogen and oxygen atoms in total. The summed E-state index contributed by atoms with van der Waals surface area (Å²) < 4.78 is 29.0. The molecule has 1 aromatic carbocycles. The Kier molecular flexibility index (Phi) is 5.72. The van der Waals surface area contributed by atoms with Crippen LogP contribution in [0.2, 0.25) is 0 Å². The van der Waals surface area contributed by atoms with Crippen LogP contribution in [0.3, 0.4) is 0 Å². The highest BCUT2D eigenvalue weighted by atomic mass is 79.9. The predicted molar refractivity (Wildman–Crippen MR) is 68.9 cm³/mol. The van der Waals surface area contributed by atoms with Crippen molar-refractivity contribution in [1.29, 1.82) is 0 Å². The second kappa shape index (κ2) is 6.83. The van der Waals surface area contributed by atoms with Gasteiger partial charge in [-0.15, -0.1) is 0 Å². The third-order valence-electron chi connectivity index (χ3n) is 2.32. The van der Waals surface area contributed by atoms with Crippen molar-refractivity contribution in [3.05, 3.63) is 34.2 Å². The van der Waals surface area contributed by atoms with E-state index in [2.05, 4.69) is 20.7 Å². The molecule has 0 saturated heterocycles. The average Bonchev–Trinajstić information content (AvgIpc) is 2.28.